The van der Waals surface area contributed by atoms with Gasteiger partial charge in [0, 0.05) is 6.42 Å². The van der Waals surface area contributed by atoms with Crippen LogP contribution in [0.4, 0.5) is 0 Å². The number of unbranched alkanes of at least 4 members (excludes halogenated alkanes) is 26. The second-order valence-corrected chi connectivity index (χ2v) is 23.9. The molecule has 0 rings (SSSR count). The predicted octanol–water partition coefficient (Wildman–Crippen LogP) is 19.9. The monoisotopic (exact) mass is 1090 g/mol. The Morgan fingerprint density at radius 2 is 0.779 bits per heavy atom. The van der Waals surface area contributed by atoms with Crippen molar-refractivity contribution < 1.29 is 32.9 Å². The molecule has 3 unspecified atom stereocenters. The summed E-state index contributed by atoms with van der Waals surface area (Å²) in [7, 11) is 1.61. The quantitative estimate of drug-likeness (QED) is 0.0243. The highest BCUT2D eigenvalue weighted by atomic mass is 31.2. The number of nitrogens with zero attached hydrogens (tertiary/aromatic N) is 1. The lowest BCUT2D eigenvalue weighted by Gasteiger charge is -2.26. The Kier molecular flexibility index (Phi) is 55.7. The largest absolute Gasteiger partial charge is 0.472 e. The van der Waals surface area contributed by atoms with Gasteiger partial charge in [0.25, 0.3) is 0 Å². The normalized spacial score (nSPS) is 14.5. The number of amides is 1. The number of carbonyl (C=O) groups excluding carboxylic acids is 1. The minimum absolute atomic E-state index is 0.0713. The van der Waals surface area contributed by atoms with Crippen molar-refractivity contribution >= 4 is 13.7 Å². The Morgan fingerprint density at radius 3 is 1.14 bits per heavy atom. The van der Waals surface area contributed by atoms with Gasteiger partial charge in [-0.05, 0) is 83.5 Å². The van der Waals surface area contributed by atoms with Crippen LogP contribution in [0.25, 0.3) is 0 Å². The van der Waals surface area contributed by atoms with Crippen LogP contribution < -0.4 is 5.32 Å². The van der Waals surface area contributed by atoms with Crippen molar-refractivity contribution in [2.24, 2.45) is 0 Å². The second-order valence-electron chi connectivity index (χ2n) is 22.4. The topological polar surface area (TPSA) is 105 Å². The molecular weight excluding hydrogens is 972 g/mol. The summed E-state index contributed by atoms with van der Waals surface area (Å²) in [4.78, 5) is 23.3. The van der Waals surface area contributed by atoms with Crippen LogP contribution in [0.5, 0.6) is 0 Å². The molecule has 0 aromatic rings. The van der Waals surface area contributed by atoms with E-state index in [4.69, 9.17) is 9.05 Å². The number of phosphoric ester groups is 1. The summed E-state index contributed by atoms with van der Waals surface area (Å²) in [5.74, 6) is -0.148. The molecule has 9 heteroatoms. The minimum atomic E-state index is -4.33. The van der Waals surface area contributed by atoms with E-state index in [9.17, 15) is 19.4 Å². The average molecular weight is 1090 g/mol. The molecule has 77 heavy (non-hydrogen) atoms. The van der Waals surface area contributed by atoms with Gasteiger partial charge in [-0.2, -0.15) is 0 Å². The average Bonchev–Trinajstić information content (AvgIpc) is 3.39. The fourth-order valence-corrected chi connectivity index (χ4v) is 9.60. The Morgan fingerprint density at radius 1 is 0.455 bits per heavy atom. The van der Waals surface area contributed by atoms with Gasteiger partial charge in [0.05, 0.1) is 39.9 Å². The van der Waals surface area contributed by atoms with Crippen LogP contribution in [0.3, 0.4) is 0 Å². The third-order valence-corrected chi connectivity index (χ3v) is 14.8. The van der Waals surface area contributed by atoms with E-state index in [1.165, 1.54) is 141 Å². The lowest BCUT2D eigenvalue weighted by atomic mass is 10.0. The van der Waals surface area contributed by atoms with Crippen molar-refractivity contribution in [2.45, 2.75) is 276 Å². The Labute approximate surface area is 476 Å². The van der Waals surface area contributed by atoms with Gasteiger partial charge < -0.3 is 19.8 Å². The maximum absolute atomic E-state index is 13.0. The first-order chi connectivity index (χ1) is 37.5. The zero-order valence-corrected chi connectivity index (χ0v) is 51.6. The van der Waals surface area contributed by atoms with Crippen molar-refractivity contribution in [3.05, 3.63) is 109 Å². The van der Waals surface area contributed by atoms with E-state index in [2.05, 4.69) is 129 Å². The molecule has 0 aliphatic rings. The fourth-order valence-electron chi connectivity index (χ4n) is 8.86. The van der Waals surface area contributed by atoms with Gasteiger partial charge in [0.15, 0.2) is 0 Å². The number of allylic oxidation sites excluding steroid dienone is 18. The molecule has 0 radical (unpaired) electrons. The lowest BCUT2D eigenvalue weighted by Crippen LogP contribution is -2.46. The number of aliphatic hydroxyl groups is 1. The van der Waals surface area contributed by atoms with E-state index in [1.807, 2.05) is 21.1 Å². The van der Waals surface area contributed by atoms with Crippen LogP contribution in [0.15, 0.2) is 109 Å². The predicted molar refractivity (Wildman–Crippen MR) is 336 cm³/mol. The number of hydrogen-bond donors (Lipinski definition) is 3. The smallest absolute Gasteiger partial charge is 0.391 e. The summed E-state index contributed by atoms with van der Waals surface area (Å²) in [6, 6.07) is -0.766. The van der Waals surface area contributed by atoms with E-state index in [0.29, 0.717) is 23.9 Å². The van der Waals surface area contributed by atoms with E-state index < -0.39 is 20.0 Å². The number of rotatable bonds is 57. The van der Waals surface area contributed by atoms with Crippen LogP contribution in [-0.4, -0.2) is 73.4 Å². The molecule has 0 aliphatic heterocycles. The van der Waals surface area contributed by atoms with E-state index in [0.717, 1.165) is 96.3 Å². The number of phosphoric acid groups is 1. The summed E-state index contributed by atoms with van der Waals surface area (Å²) in [5, 5.41) is 14.1. The zero-order valence-electron chi connectivity index (χ0n) is 50.7. The van der Waals surface area contributed by atoms with Crippen LogP contribution in [0.2, 0.25) is 0 Å². The number of nitrogens with one attached hydrogen (secondary N) is 1. The van der Waals surface area contributed by atoms with Gasteiger partial charge in [-0.1, -0.05) is 284 Å². The van der Waals surface area contributed by atoms with Crippen molar-refractivity contribution in [3.63, 3.8) is 0 Å². The Balaban J connectivity index is 4.00. The van der Waals surface area contributed by atoms with Gasteiger partial charge in [0.1, 0.15) is 13.2 Å². The third kappa shape index (κ3) is 60.6. The zero-order chi connectivity index (χ0) is 56.3. The van der Waals surface area contributed by atoms with E-state index in [1.54, 1.807) is 0 Å². The number of carbonyl (C=O) groups is 1. The van der Waals surface area contributed by atoms with E-state index >= 15 is 0 Å². The number of aliphatic hydroxyl groups excluding tert-OH is 1. The summed E-state index contributed by atoms with van der Waals surface area (Å²) < 4.78 is 23.8. The molecule has 0 aromatic heterocycles. The summed E-state index contributed by atoms with van der Waals surface area (Å²) >= 11 is 0. The van der Waals surface area contributed by atoms with Crippen LogP contribution in [-0.2, 0) is 18.4 Å². The van der Waals surface area contributed by atoms with Gasteiger partial charge in [-0.25, -0.2) is 4.57 Å². The first-order valence-corrected chi connectivity index (χ1v) is 33.2. The third-order valence-electron chi connectivity index (χ3n) is 13.8. The summed E-state index contributed by atoms with van der Waals surface area (Å²) in [6.45, 7) is 4.78. The molecule has 0 spiro atoms. The number of hydrogen-bond acceptors (Lipinski definition) is 5. The van der Waals surface area contributed by atoms with Gasteiger partial charge in [-0.3, -0.25) is 13.8 Å². The maximum Gasteiger partial charge on any atom is 0.472 e. The van der Waals surface area contributed by atoms with Crippen molar-refractivity contribution in [1.29, 1.82) is 0 Å². The second kappa shape index (κ2) is 57.8. The minimum Gasteiger partial charge on any atom is -0.391 e. The molecule has 3 N–H and O–H groups in total. The molecule has 0 aliphatic carbocycles. The summed E-state index contributed by atoms with van der Waals surface area (Å²) in [6.07, 6.45) is 84.5. The lowest BCUT2D eigenvalue weighted by molar-refractivity contribution is -0.870. The molecule has 444 valence electrons. The first kappa shape index (κ1) is 74.2. The van der Waals surface area contributed by atoms with Crippen molar-refractivity contribution in [3.8, 4) is 0 Å². The highest BCUT2D eigenvalue weighted by Crippen LogP contribution is 2.43. The number of quaternary nitrogens is 1. The fraction of sp³-hybridized carbons (Fsp3) is 0.721. The molecular formula is C68H122N2O6P+. The van der Waals surface area contributed by atoms with Crippen LogP contribution >= 0.6 is 7.82 Å². The van der Waals surface area contributed by atoms with Crippen LogP contribution in [0, 0.1) is 0 Å². The summed E-state index contributed by atoms with van der Waals surface area (Å²) in [5.41, 5.74) is 0. The van der Waals surface area contributed by atoms with Gasteiger partial charge in [-0.15, -0.1) is 0 Å². The standard InChI is InChI=1S/C68H121N2O6P/c1-6-8-10-12-14-16-18-20-22-23-24-25-26-27-28-29-30-31-32-33-34-35-36-37-38-39-40-41-42-43-44-45-46-47-48-50-52-54-56-58-60-62-68(72)69-66(65-76-77(73,74)75-64-63-70(3,4)5)67(71)61-59-57-55-53-51-49-21-19-17-15-13-11-9-7-2/h8,10,14,16,20,22,24-25,27-28,30-31,33-34,36-37,39-40,66-67,71H,6-7,9,11-13,15,17-19,21,23,26,29,32,35,38,41-65H2,1-5H3,(H-,69,72,73,74)/p+1/b10-8-,16-14-,22-20-,25-24-,28-27-,31-30-,34-33-,37-36-,40-39-. The van der Waals surface area contributed by atoms with E-state index in [-0.39, 0.29) is 19.1 Å². The molecule has 0 fully saturated rings. The highest BCUT2D eigenvalue weighted by molar-refractivity contribution is 7.47. The van der Waals surface area contributed by atoms with Crippen molar-refractivity contribution in [2.75, 3.05) is 40.9 Å². The maximum atomic E-state index is 13.0. The van der Waals surface area contributed by atoms with Crippen LogP contribution in [0.1, 0.15) is 264 Å². The first-order valence-electron chi connectivity index (χ1n) is 31.8. The molecule has 3 atom stereocenters. The molecule has 8 nitrogen and oxygen atoms in total. The Hall–Kier alpha value is -2.84. The van der Waals surface area contributed by atoms with Gasteiger partial charge >= 0.3 is 7.82 Å². The number of likely N-dealkylation sites (N-methyl/N-ethyl adjacent to an activating group) is 1. The molecule has 0 bridgehead atoms. The molecule has 0 saturated carbocycles. The highest BCUT2D eigenvalue weighted by Gasteiger charge is 2.28. The molecule has 0 saturated heterocycles. The Bertz CT molecular complexity index is 1620. The SMILES string of the molecule is CC/C=C\C/C=C\C/C=C\C/C=C\C/C=C\C/C=C\C/C=C\C/C=C\C/C=C\CCCCCCCCCCCCCCCC(=O)NC(COP(=O)(O)OCC[N+](C)(C)C)C(O)CCCCCCCCCCCCCCCC. The van der Waals surface area contributed by atoms with Gasteiger partial charge in [0.2, 0.25) is 5.91 Å². The molecule has 0 aromatic carbocycles. The molecule has 1 amide bonds. The van der Waals surface area contributed by atoms with Crippen molar-refractivity contribution in [1.82, 2.24) is 5.32 Å². The molecule has 0 heterocycles.